The first-order valence-corrected chi connectivity index (χ1v) is 11.9. The van der Waals surface area contributed by atoms with E-state index in [1.807, 2.05) is 12.1 Å². The molecule has 0 heterocycles. The molecule has 33 heavy (non-hydrogen) atoms. The molecule has 174 valence electrons. The molecule has 0 bridgehead atoms. The van der Waals surface area contributed by atoms with Crippen LogP contribution in [0.25, 0.3) is 0 Å². The number of methoxy groups -OCH3 is 2. The van der Waals surface area contributed by atoms with Gasteiger partial charge in [0.05, 0.1) is 24.8 Å². The number of likely N-dealkylation sites (N-methyl/N-ethyl adjacent to an activating group) is 1. The van der Waals surface area contributed by atoms with Gasteiger partial charge in [0.15, 0.2) is 0 Å². The van der Waals surface area contributed by atoms with Gasteiger partial charge >= 0.3 is 0 Å². The number of amides is 1. The molecule has 0 saturated carbocycles. The van der Waals surface area contributed by atoms with Gasteiger partial charge in [-0.05, 0) is 48.0 Å². The van der Waals surface area contributed by atoms with Crippen molar-refractivity contribution >= 4 is 33.2 Å². The van der Waals surface area contributed by atoms with Crippen molar-refractivity contribution in [3.8, 4) is 11.5 Å². The molecular formula is C24H25ClN2O5S. The predicted octanol–water partition coefficient (Wildman–Crippen LogP) is 4.21. The number of hydrogen-bond donors (Lipinski definition) is 0. The molecule has 0 aliphatic heterocycles. The van der Waals surface area contributed by atoms with Crippen molar-refractivity contribution in [2.75, 3.05) is 32.1 Å². The summed E-state index contributed by atoms with van der Waals surface area (Å²) in [5.41, 5.74) is 1.06. The molecule has 0 fully saturated rings. The summed E-state index contributed by atoms with van der Waals surface area (Å²) in [7, 11) is 0.545. The normalized spacial score (nSPS) is 11.0. The minimum atomic E-state index is -4.08. The van der Waals surface area contributed by atoms with E-state index in [2.05, 4.69) is 0 Å². The lowest BCUT2D eigenvalue weighted by atomic mass is 10.2. The highest BCUT2D eigenvalue weighted by Crippen LogP contribution is 2.35. The molecule has 3 rings (SSSR count). The van der Waals surface area contributed by atoms with Crippen LogP contribution in [0.3, 0.4) is 0 Å². The number of carbonyl (C=O) groups excluding carboxylic acids is 1. The number of carbonyl (C=O) groups is 1. The third-order valence-electron chi connectivity index (χ3n) is 5.02. The minimum absolute atomic E-state index is 0.0534. The second kappa shape index (κ2) is 10.6. The Bertz CT molecular complexity index is 1200. The Hall–Kier alpha value is -3.23. The molecule has 0 unspecified atom stereocenters. The zero-order chi connectivity index (χ0) is 24.0. The largest absolute Gasteiger partial charge is 0.497 e. The van der Waals surface area contributed by atoms with Crippen LogP contribution in [-0.4, -0.2) is 47.0 Å². The van der Waals surface area contributed by atoms with Gasteiger partial charge in [0, 0.05) is 18.6 Å². The molecule has 1 amide bonds. The van der Waals surface area contributed by atoms with E-state index in [0.29, 0.717) is 17.3 Å². The number of anilines is 1. The zero-order valence-electron chi connectivity index (χ0n) is 18.6. The van der Waals surface area contributed by atoms with Gasteiger partial charge < -0.3 is 14.4 Å². The highest BCUT2D eigenvalue weighted by Gasteiger charge is 2.30. The predicted molar refractivity (Wildman–Crippen MR) is 128 cm³/mol. The topological polar surface area (TPSA) is 76.2 Å². The number of benzene rings is 3. The van der Waals surface area contributed by atoms with Crippen molar-refractivity contribution in [2.24, 2.45) is 0 Å². The van der Waals surface area contributed by atoms with E-state index < -0.39 is 22.5 Å². The SMILES string of the molecule is COc1ccc(CN(C)C(=O)CN(c2cc(Cl)ccc2OC)S(=O)(=O)c2ccccc2)cc1. The summed E-state index contributed by atoms with van der Waals surface area (Å²) in [6.45, 7) is -0.130. The van der Waals surface area contributed by atoms with Gasteiger partial charge in [0.25, 0.3) is 10.0 Å². The van der Waals surface area contributed by atoms with Crippen LogP contribution in [-0.2, 0) is 21.4 Å². The van der Waals surface area contributed by atoms with Crippen molar-refractivity contribution in [2.45, 2.75) is 11.4 Å². The van der Waals surface area contributed by atoms with Crippen molar-refractivity contribution < 1.29 is 22.7 Å². The van der Waals surface area contributed by atoms with Crippen LogP contribution in [0.2, 0.25) is 5.02 Å². The summed E-state index contributed by atoms with van der Waals surface area (Å²) < 4.78 is 38.6. The Balaban J connectivity index is 1.94. The Labute approximate surface area is 199 Å². The molecule has 0 aromatic heterocycles. The Kier molecular flexibility index (Phi) is 7.84. The number of sulfonamides is 1. The van der Waals surface area contributed by atoms with Gasteiger partial charge in [0.1, 0.15) is 18.0 Å². The summed E-state index contributed by atoms with van der Waals surface area (Å²) >= 11 is 6.16. The lowest BCUT2D eigenvalue weighted by Crippen LogP contribution is -2.41. The van der Waals surface area contributed by atoms with E-state index in [1.165, 1.54) is 30.2 Å². The van der Waals surface area contributed by atoms with E-state index in [1.54, 1.807) is 56.6 Å². The summed E-state index contributed by atoms with van der Waals surface area (Å²) in [6, 6.07) is 19.8. The smallest absolute Gasteiger partial charge is 0.264 e. The number of halogens is 1. The molecule has 3 aromatic carbocycles. The van der Waals surface area contributed by atoms with Gasteiger partial charge in [-0.25, -0.2) is 8.42 Å². The molecule has 9 heteroatoms. The Morgan fingerprint density at radius 1 is 0.939 bits per heavy atom. The Morgan fingerprint density at radius 3 is 2.21 bits per heavy atom. The summed E-state index contributed by atoms with van der Waals surface area (Å²) in [6.07, 6.45) is 0. The van der Waals surface area contributed by atoms with Crippen molar-refractivity contribution in [3.05, 3.63) is 83.4 Å². The fourth-order valence-corrected chi connectivity index (χ4v) is 4.82. The molecule has 0 atom stereocenters. The second-order valence-corrected chi connectivity index (χ2v) is 9.54. The average molecular weight is 489 g/mol. The second-order valence-electron chi connectivity index (χ2n) is 7.24. The van der Waals surface area contributed by atoms with Gasteiger partial charge in [0.2, 0.25) is 5.91 Å². The van der Waals surface area contributed by atoms with Crippen LogP contribution in [0.1, 0.15) is 5.56 Å². The molecule has 7 nitrogen and oxygen atoms in total. The van der Waals surface area contributed by atoms with Gasteiger partial charge in [-0.15, -0.1) is 0 Å². The lowest BCUT2D eigenvalue weighted by Gasteiger charge is -2.28. The third-order valence-corrected chi connectivity index (χ3v) is 7.03. The van der Waals surface area contributed by atoms with Gasteiger partial charge in [-0.1, -0.05) is 41.9 Å². The minimum Gasteiger partial charge on any atom is -0.497 e. The highest BCUT2D eigenvalue weighted by molar-refractivity contribution is 7.92. The molecule has 0 spiro atoms. The first-order valence-electron chi connectivity index (χ1n) is 10.0. The standard InChI is InChI=1S/C24H25ClN2O5S/c1-26(16-18-9-12-20(31-2)13-10-18)24(28)17-27(22-15-19(25)11-14-23(22)32-3)33(29,30)21-7-5-4-6-8-21/h4-15H,16-17H2,1-3H3. The highest BCUT2D eigenvalue weighted by atomic mass is 35.5. The first-order chi connectivity index (χ1) is 15.8. The van der Waals surface area contributed by atoms with Crippen LogP contribution in [0.5, 0.6) is 11.5 Å². The van der Waals surface area contributed by atoms with Crippen LogP contribution in [0.15, 0.2) is 77.7 Å². The number of rotatable bonds is 9. The van der Waals surface area contributed by atoms with Crippen LogP contribution >= 0.6 is 11.6 Å². The molecule has 0 N–H and O–H groups in total. The molecule has 0 saturated heterocycles. The van der Waals surface area contributed by atoms with Crippen molar-refractivity contribution in [1.29, 1.82) is 0 Å². The molecule has 0 radical (unpaired) electrons. The molecule has 0 aliphatic carbocycles. The van der Waals surface area contributed by atoms with E-state index in [9.17, 15) is 13.2 Å². The third kappa shape index (κ3) is 5.77. The fourth-order valence-electron chi connectivity index (χ4n) is 3.21. The maximum absolute atomic E-state index is 13.5. The van der Waals surface area contributed by atoms with E-state index >= 15 is 0 Å². The van der Waals surface area contributed by atoms with Gasteiger partial charge in [-0.2, -0.15) is 0 Å². The summed E-state index contributed by atoms with van der Waals surface area (Å²) in [5, 5.41) is 0.318. The quantitative estimate of drug-likeness (QED) is 0.451. The van der Waals surface area contributed by atoms with Crippen molar-refractivity contribution in [1.82, 2.24) is 4.90 Å². The monoisotopic (exact) mass is 488 g/mol. The maximum atomic E-state index is 13.5. The summed E-state index contributed by atoms with van der Waals surface area (Å²) in [5.74, 6) is 0.595. The van der Waals surface area contributed by atoms with Crippen LogP contribution in [0.4, 0.5) is 5.69 Å². The first kappa shape index (κ1) is 24.4. The average Bonchev–Trinajstić information content (AvgIpc) is 2.83. The number of hydrogen-bond acceptors (Lipinski definition) is 5. The molecule has 3 aromatic rings. The lowest BCUT2D eigenvalue weighted by molar-refractivity contribution is -0.128. The van der Waals surface area contributed by atoms with Crippen molar-refractivity contribution in [3.63, 3.8) is 0 Å². The van der Waals surface area contributed by atoms with Gasteiger partial charge in [-0.3, -0.25) is 9.10 Å². The number of nitrogens with zero attached hydrogens (tertiary/aromatic N) is 2. The molecule has 0 aliphatic rings. The maximum Gasteiger partial charge on any atom is 0.264 e. The molecular weight excluding hydrogens is 464 g/mol. The van der Waals surface area contributed by atoms with E-state index in [0.717, 1.165) is 9.87 Å². The Morgan fingerprint density at radius 2 is 1.61 bits per heavy atom. The fraction of sp³-hybridized carbons (Fsp3) is 0.208. The van der Waals surface area contributed by atoms with Crippen LogP contribution in [0, 0.1) is 0 Å². The number of ether oxygens (including phenoxy) is 2. The zero-order valence-corrected chi connectivity index (χ0v) is 20.1. The van der Waals surface area contributed by atoms with E-state index in [4.69, 9.17) is 21.1 Å². The summed E-state index contributed by atoms with van der Waals surface area (Å²) in [4.78, 5) is 14.7. The van der Waals surface area contributed by atoms with Crippen LogP contribution < -0.4 is 13.8 Å². The van der Waals surface area contributed by atoms with E-state index in [-0.39, 0.29) is 16.3 Å².